The van der Waals surface area contributed by atoms with E-state index in [1.54, 1.807) is 6.92 Å². The first kappa shape index (κ1) is 17.2. The Kier molecular flexibility index (Phi) is 5.90. The maximum Gasteiger partial charge on any atom is 0.328 e. The van der Waals surface area contributed by atoms with Crippen molar-refractivity contribution < 1.29 is 19.1 Å². The van der Waals surface area contributed by atoms with Gasteiger partial charge in [0.15, 0.2) is 0 Å². The number of aryl methyl sites for hydroxylation is 2. The van der Waals surface area contributed by atoms with Gasteiger partial charge in [-0.3, -0.25) is 9.69 Å². The molecule has 21 heavy (non-hydrogen) atoms. The number of methoxy groups -OCH3 is 2. The molecule has 0 saturated carbocycles. The van der Waals surface area contributed by atoms with Crippen LogP contribution in [0.15, 0.2) is 12.1 Å². The minimum Gasteiger partial charge on any atom is -0.467 e. The number of carbonyl (C=O) groups excluding carboxylic acids is 2. The second-order valence-electron chi connectivity index (χ2n) is 5.07. The number of nitrogens with zero attached hydrogens (tertiary/aromatic N) is 1. The third-order valence-corrected chi connectivity index (χ3v) is 3.61. The number of rotatable bonds is 5. The molecule has 1 atom stereocenters. The molecule has 0 radical (unpaired) electrons. The lowest BCUT2D eigenvalue weighted by Gasteiger charge is -2.30. The number of hydrogen-bond donors (Lipinski definition) is 0. The van der Waals surface area contributed by atoms with Crippen LogP contribution in [0.3, 0.4) is 0 Å². The number of benzene rings is 1. The molecule has 0 spiro atoms. The van der Waals surface area contributed by atoms with E-state index >= 15 is 0 Å². The highest BCUT2D eigenvalue weighted by atomic mass is 16.5. The largest absolute Gasteiger partial charge is 0.467 e. The Morgan fingerprint density at radius 2 is 1.71 bits per heavy atom. The van der Waals surface area contributed by atoms with Gasteiger partial charge in [-0.25, -0.2) is 4.79 Å². The molecule has 5 heteroatoms. The average Bonchev–Trinajstić information content (AvgIpc) is 2.46. The molecule has 0 N–H and O–H groups in total. The summed E-state index contributed by atoms with van der Waals surface area (Å²) in [6, 6.07) is 3.22. The summed E-state index contributed by atoms with van der Waals surface area (Å²) in [6.45, 7) is 7.39. The van der Waals surface area contributed by atoms with Gasteiger partial charge in [0, 0.05) is 7.11 Å². The first-order valence-electron chi connectivity index (χ1n) is 6.80. The monoisotopic (exact) mass is 293 g/mol. The maximum atomic E-state index is 12.4. The van der Waals surface area contributed by atoms with Gasteiger partial charge in [0.05, 0.1) is 12.8 Å². The van der Waals surface area contributed by atoms with Gasteiger partial charge < -0.3 is 9.47 Å². The normalized spacial score (nSPS) is 11.9. The van der Waals surface area contributed by atoms with Crippen molar-refractivity contribution in [1.82, 2.24) is 0 Å². The standard InChI is InChI=1S/C16H23NO4/c1-10-7-8-11(2)15(12(10)3)17(14(18)9-20-5)13(4)16(19)21-6/h7-8,13H,9H2,1-6H3/t13-/m0/s1. The fourth-order valence-corrected chi connectivity index (χ4v) is 2.31. The number of ether oxygens (including phenoxy) is 2. The number of anilines is 1. The summed E-state index contributed by atoms with van der Waals surface area (Å²) in [7, 11) is 2.77. The highest BCUT2D eigenvalue weighted by Gasteiger charge is 2.30. The van der Waals surface area contributed by atoms with Gasteiger partial charge in [0.1, 0.15) is 12.6 Å². The van der Waals surface area contributed by atoms with E-state index in [0.29, 0.717) is 0 Å². The fraction of sp³-hybridized carbons (Fsp3) is 0.500. The summed E-state index contributed by atoms with van der Waals surface area (Å²) in [4.78, 5) is 25.8. The van der Waals surface area contributed by atoms with Crippen molar-refractivity contribution in [3.63, 3.8) is 0 Å². The summed E-state index contributed by atoms with van der Waals surface area (Å²) in [6.07, 6.45) is 0. The lowest BCUT2D eigenvalue weighted by atomic mass is 10.0. The highest BCUT2D eigenvalue weighted by Crippen LogP contribution is 2.29. The molecular weight excluding hydrogens is 270 g/mol. The minimum absolute atomic E-state index is 0.0891. The Morgan fingerprint density at radius 3 is 2.24 bits per heavy atom. The molecule has 0 heterocycles. The van der Waals surface area contributed by atoms with Gasteiger partial charge in [0.25, 0.3) is 5.91 Å². The maximum absolute atomic E-state index is 12.4. The molecule has 0 aliphatic carbocycles. The van der Waals surface area contributed by atoms with Crippen molar-refractivity contribution in [2.45, 2.75) is 33.7 Å². The van der Waals surface area contributed by atoms with Crippen molar-refractivity contribution in [2.24, 2.45) is 0 Å². The summed E-state index contributed by atoms with van der Waals surface area (Å²) < 4.78 is 9.72. The Morgan fingerprint density at radius 1 is 1.14 bits per heavy atom. The van der Waals surface area contributed by atoms with Crippen LogP contribution < -0.4 is 4.90 Å². The first-order valence-corrected chi connectivity index (χ1v) is 6.80. The summed E-state index contributed by atoms with van der Waals surface area (Å²) in [5.74, 6) is -0.730. The lowest BCUT2D eigenvalue weighted by Crippen LogP contribution is -2.46. The quantitative estimate of drug-likeness (QED) is 0.781. The number of amides is 1. The van der Waals surface area contributed by atoms with E-state index < -0.39 is 12.0 Å². The van der Waals surface area contributed by atoms with Crippen LogP contribution in [-0.4, -0.2) is 38.7 Å². The second kappa shape index (κ2) is 7.22. The van der Waals surface area contributed by atoms with Crippen molar-refractivity contribution in [3.05, 3.63) is 28.8 Å². The van der Waals surface area contributed by atoms with E-state index in [2.05, 4.69) is 0 Å². The topological polar surface area (TPSA) is 55.8 Å². The zero-order valence-electron chi connectivity index (χ0n) is 13.5. The van der Waals surface area contributed by atoms with E-state index in [1.807, 2.05) is 32.9 Å². The van der Waals surface area contributed by atoms with E-state index in [4.69, 9.17) is 9.47 Å². The summed E-state index contributed by atoms with van der Waals surface area (Å²) in [5, 5.41) is 0. The molecule has 116 valence electrons. The van der Waals surface area contributed by atoms with Crippen molar-refractivity contribution in [2.75, 3.05) is 25.7 Å². The minimum atomic E-state index is -0.711. The second-order valence-corrected chi connectivity index (χ2v) is 5.07. The van der Waals surface area contributed by atoms with Crippen molar-refractivity contribution in [1.29, 1.82) is 0 Å². The molecule has 0 aliphatic heterocycles. The Balaban J connectivity index is 3.41. The predicted octanol–water partition coefficient (Wildman–Crippen LogP) is 2.15. The first-order chi connectivity index (χ1) is 9.84. The molecule has 1 amide bonds. The van der Waals surface area contributed by atoms with E-state index in [1.165, 1.54) is 19.1 Å². The van der Waals surface area contributed by atoms with E-state index in [9.17, 15) is 9.59 Å². The molecule has 0 fully saturated rings. The van der Waals surface area contributed by atoms with Crippen LogP contribution in [0.25, 0.3) is 0 Å². The fourth-order valence-electron chi connectivity index (χ4n) is 2.31. The molecule has 1 aromatic rings. The van der Waals surface area contributed by atoms with Crippen LogP contribution in [0.4, 0.5) is 5.69 Å². The molecule has 5 nitrogen and oxygen atoms in total. The zero-order chi connectivity index (χ0) is 16.2. The molecule has 1 rings (SSSR count). The molecule has 0 aliphatic rings. The van der Waals surface area contributed by atoms with E-state index in [0.717, 1.165) is 22.4 Å². The highest BCUT2D eigenvalue weighted by molar-refractivity contribution is 6.01. The van der Waals surface area contributed by atoms with Crippen LogP contribution in [0.1, 0.15) is 23.6 Å². The van der Waals surface area contributed by atoms with Crippen molar-refractivity contribution in [3.8, 4) is 0 Å². The van der Waals surface area contributed by atoms with Gasteiger partial charge in [-0.1, -0.05) is 12.1 Å². The third kappa shape index (κ3) is 3.61. The summed E-state index contributed by atoms with van der Waals surface area (Å²) in [5.41, 5.74) is 3.70. The van der Waals surface area contributed by atoms with Gasteiger partial charge in [-0.05, 0) is 44.4 Å². The van der Waals surface area contributed by atoms with Gasteiger partial charge >= 0.3 is 5.97 Å². The van der Waals surface area contributed by atoms with Crippen LogP contribution in [0.5, 0.6) is 0 Å². The average molecular weight is 293 g/mol. The predicted molar refractivity (Wildman–Crippen MR) is 81.5 cm³/mol. The summed E-state index contributed by atoms with van der Waals surface area (Å²) >= 11 is 0. The lowest BCUT2D eigenvalue weighted by molar-refractivity contribution is -0.143. The number of esters is 1. The van der Waals surface area contributed by atoms with Crippen LogP contribution >= 0.6 is 0 Å². The van der Waals surface area contributed by atoms with Crippen molar-refractivity contribution >= 4 is 17.6 Å². The van der Waals surface area contributed by atoms with Crippen LogP contribution in [-0.2, 0) is 19.1 Å². The van der Waals surface area contributed by atoms with Gasteiger partial charge in [-0.2, -0.15) is 0 Å². The molecule has 1 aromatic carbocycles. The number of hydrogen-bond acceptors (Lipinski definition) is 4. The molecule has 0 saturated heterocycles. The van der Waals surface area contributed by atoms with Gasteiger partial charge in [0.2, 0.25) is 0 Å². The SMILES string of the molecule is COCC(=O)N(c1c(C)ccc(C)c1C)[C@@H](C)C(=O)OC. The van der Waals surface area contributed by atoms with Crippen LogP contribution in [0, 0.1) is 20.8 Å². The third-order valence-electron chi connectivity index (χ3n) is 3.61. The molecular formula is C16H23NO4. The zero-order valence-corrected chi connectivity index (χ0v) is 13.5. The number of carbonyl (C=O) groups is 2. The van der Waals surface area contributed by atoms with E-state index in [-0.39, 0.29) is 12.5 Å². The Bertz CT molecular complexity index is 539. The molecule has 0 unspecified atom stereocenters. The smallest absolute Gasteiger partial charge is 0.328 e. The van der Waals surface area contributed by atoms with Crippen LogP contribution in [0.2, 0.25) is 0 Å². The van der Waals surface area contributed by atoms with Gasteiger partial charge in [-0.15, -0.1) is 0 Å². The Hall–Kier alpha value is -1.88. The Labute approximate surface area is 125 Å². The molecule has 0 aromatic heterocycles. The molecule has 0 bridgehead atoms.